The molecule has 0 atom stereocenters. The van der Waals surface area contributed by atoms with Crippen LogP contribution in [0, 0.1) is 0 Å². The first-order valence-electron chi connectivity index (χ1n) is 6.84. The normalized spacial score (nSPS) is 10.9. The van der Waals surface area contributed by atoms with E-state index in [9.17, 15) is 4.79 Å². The van der Waals surface area contributed by atoms with Crippen molar-refractivity contribution in [3.05, 3.63) is 29.8 Å². The van der Waals surface area contributed by atoms with Gasteiger partial charge in [0.15, 0.2) is 0 Å². The summed E-state index contributed by atoms with van der Waals surface area (Å²) in [4.78, 5) is 37.4. The third kappa shape index (κ3) is 11.4. The van der Waals surface area contributed by atoms with E-state index in [1.54, 1.807) is 12.1 Å². The van der Waals surface area contributed by atoms with Crippen molar-refractivity contribution in [2.24, 2.45) is 0 Å². The minimum absolute atomic E-state index is 0.253. The number of likely N-dealkylation sites (N-methyl/N-ethyl adjacent to an activating group) is 1. The Kier molecular flexibility index (Phi) is 9.84. The summed E-state index contributed by atoms with van der Waals surface area (Å²) >= 11 is 0. The largest absolute Gasteiger partial charge is 0.790 e. The van der Waals surface area contributed by atoms with Gasteiger partial charge >= 0.3 is 5.97 Å². The monoisotopic (exact) mass is 334 g/mol. The Morgan fingerprint density at radius 1 is 1.27 bits per heavy atom. The van der Waals surface area contributed by atoms with Crippen LogP contribution >= 0.6 is 7.82 Å². The van der Waals surface area contributed by atoms with Gasteiger partial charge < -0.3 is 34.6 Å². The van der Waals surface area contributed by atoms with Crippen molar-refractivity contribution in [1.29, 1.82) is 0 Å². The minimum atomic E-state index is -5.14. The molecule has 0 saturated heterocycles. The van der Waals surface area contributed by atoms with Crippen LogP contribution in [0.4, 0.5) is 5.69 Å². The molecule has 1 rings (SSSR count). The Morgan fingerprint density at radius 2 is 1.73 bits per heavy atom. The first kappa shape index (κ1) is 20.7. The SMILES string of the molecule is CC[NH+](CC)CCOC(=O)c1ccc([NH3+])cc1.O=P([O-])([O-])O. The summed E-state index contributed by atoms with van der Waals surface area (Å²) in [5.41, 5.74) is 5.26. The van der Waals surface area contributed by atoms with Gasteiger partial charge in [0.1, 0.15) is 18.8 Å². The molecule has 0 fully saturated rings. The van der Waals surface area contributed by atoms with Gasteiger partial charge in [0.25, 0.3) is 0 Å². The molecule has 0 amide bonds. The number of quaternary nitrogens is 2. The number of hydrogen-bond donors (Lipinski definition) is 3. The summed E-state index contributed by atoms with van der Waals surface area (Å²) in [5.74, 6) is -0.253. The van der Waals surface area contributed by atoms with E-state index in [4.69, 9.17) is 24.0 Å². The van der Waals surface area contributed by atoms with E-state index in [0.717, 1.165) is 25.3 Å². The molecule has 0 aliphatic carbocycles. The van der Waals surface area contributed by atoms with Crippen LogP contribution in [0.25, 0.3) is 0 Å². The summed E-state index contributed by atoms with van der Waals surface area (Å²) in [5, 5.41) is 0. The predicted molar refractivity (Wildman–Crippen MR) is 76.0 cm³/mol. The van der Waals surface area contributed by atoms with E-state index >= 15 is 0 Å². The number of phosphoric acid groups is 1. The fourth-order valence-corrected chi connectivity index (χ4v) is 1.62. The van der Waals surface area contributed by atoms with Crippen molar-refractivity contribution >= 4 is 19.5 Å². The molecular formula is C13H23N2O6P. The highest BCUT2D eigenvalue weighted by molar-refractivity contribution is 7.42. The van der Waals surface area contributed by atoms with Crippen LogP contribution in [0.5, 0.6) is 0 Å². The zero-order valence-corrected chi connectivity index (χ0v) is 13.7. The number of esters is 1. The van der Waals surface area contributed by atoms with E-state index in [1.165, 1.54) is 4.90 Å². The molecule has 8 nitrogen and oxygen atoms in total. The maximum absolute atomic E-state index is 11.7. The highest BCUT2D eigenvalue weighted by Gasteiger charge is 2.09. The van der Waals surface area contributed by atoms with Crippen LogP contribution in [-0.2, 0) is 9.30 Å². The smallest absolute Gasteiger partial charge is 0.338 e. The minimum Gasteiger partial charge on any atom is -0.790 e. The lowest BCUT2D eigenvalue weighted by Gasteiger charge is -2.19. The van der Waals surface area contributed by atoms with Crippen molar-refractivity contribution < 1.29 is 39.4 Å². The van der Waals surface area contributed by atoms with Gasteiger partial charge in [-0.05, 0) is 38.1 Å². The number of nitrogens with one attached hydrogen (secondary N) is 1. The summed E-state index contributed by atoms with van der Waals surface area (Å²) in [7, 11) is -5.14. The molecule has 1 aromatic rings. The van der Waals surface area contributed by atoms with Gasteiger partial charge in [-0.3, -0.25) is 0 Å². The molecular weight excluding hydrogens is 311 g/mol. The molecule has 0 aromatic heterocycles. The molecule has 0 heterocycles. The molecule has 0 bridgehead atoms. The maximum atomic E-state index is 11.7. The van der Waals surface area contributed by atoms with E-state index in [0.29, 0.717) is 12.2 Å². The Morgan fingerprint density at radius 3 is 2.14 bits per heavy atom. The van der Waals surface area contributed by atoms with Crippen LogP contribution in [0.2, 0.25) is 0 Å². The molecule has 0 spiro atoms. The third-order valence-electron chi connectivity index (χ3n) is 2.88. The Labute approximate surface area is 129 Å². The first-order chi connectivity index (χ1) is 10.2. The van der Waals surface area contributed by atoms with Crippen LogP contribution in [0.15, 0.2) is 24.3 Å². The lowest BCUT2D eigenvalue weighted by Crippen LogP contribution is -3.11. The number of benzene rings is 1. The zero-order chi connectivity index (χ0) is 17.2. The topological polar surface area (TPSA) is 142 Å². The van der Waals surface area contributed by atoms with Crippen molar-refractivity contribution in [3.8, 4) is 0 Å². The van der Waals surface area contributed by atoms with Crippen LogP contribution in [-0.4, -0.2) is 37.1 Å². The lowest BCUT2D eigenvalue weighted by atomic mass is 10.2. The zero-order valence-electron chi connectivity index (χ0n) is 12.8. The molecule has 9 heteroatoms. The second kappa shape index (κ2) is 10.4. The Balaban J connectivity index is 0.000000763. The van der Waals surface area contributed by atoms with Crippen LogP contribution < -0.4 is 20.4 Å². The molecule has 126 valence electrons. The van der Waals surface area contributed by atoms with Gasteiger partial charge in [0.2, 0.25) is 0 Å². The van der Waals surface area contributed by atoms with Gasteiger partial charge in [-0.15, -0.1) is 0 Å². The van der Waals surface area contributed by atoms with Crippen molar-refractivity contribution in [1.82, 2.24) is 0 Å². The van der Waals surface area contributed by atoms with Gasteiger partial charge in [0.05, 0.1) is 26.5 Å². The van der Waals surface area contributed by atoms with E-state index in [-0.39, 0.29) is 5.97 Å². The van der Waals surface area contributed by atoms with Crippen molar-refractivity contribution in [2.45, 2.75) is 13.8 Å². The molecule has 22 heavy (non-hydrogen) atoms. The maximum Gasteiger partial charge on any atom is 0.338 e. The molecule has 0 aliphatic rings. The van der Waals surface area contributed by atoms with E-state index in [2.05, 4.69) is 19.6 Å². The molecule has 0 radical (unpaired) electrons. The summed E-state index contributed by atoms with van der Waals surface area (Å²) in [6.07, 6.45) is 0. The van der Waals surface area contributed by atoms with Gasteiger partial charge in [-0.2, -0.15) is 0 Å². The lowest BCUT2D eigenvalue weighted by molar-refractivity contribution is -0.896. The molecule has 0 aliphatic heterocycles. The Bertz CT molecular complexity index is 476. The third-order valence-corrected chi connectivity index (χ3v) is 2.88. The fraction of sp³-hybridized carbons (Fsp3) is 0.462. The van der Waals surface area contributed by atoms with E-state index in [1.807, 2.05) is 12.1 Å². The number of carbonyl (C=O) groups excluding carboxylic acids is 1. The van der Waals surface area contributed by atoms with Gasteiger partial charge in [-0.1, -0.05) is 0 Å². The number of ether oxygens (including phenoxy) is 1. The van der Waals surface area contributed by atoms with E-state index < -0.39 is 7.82 Å². The summed E-state index contributed by atoms with van der Waals surface area (Å²) in [6.45, 7) is 7.73. The molecule has 5 N–H and O–H groups in total. The van der Waals surface area contributed by atoms with Gasteiger partial charge in [-0.25, -0.2) is 4.79 Å². The molecule has 0 saturated carbocycles. The van der Waals surface area contributed by atoms with Crippen molar-refractivity contribution in [3.63, 3.8) is 0 Å². The molecule has 0 unspecified atom stereocenters. The average Bonchev–Trinajstić information content (AvgIpc) is 2.42. The summed E-state index contributed by atoms with van der Waals surface area (Å²) in [6, 6.07) is 7.11. The predicted octanol–water partition coefficient (Wildman–Crippen LogP) is -2.55. The average molecular weight is 334 g/mol. The number of rotatable bonds is 6. The van der Waals surface area contributed by atoms with Gasteiger partial charge in [0, 0.05) is 0 Å². The second-order valence-electron chi connectivity index (χ2n) is 4.51. The summed E-state index contributed by atoms with van der Waals surface area (Å²) < 4.78 is 13.9. The Hall–Kier alpha value is -1.28. The first-order valence-corrected chi connectivity index (χ1v) is 8.34. The highest BCUT2D eigenvalue weighted by Crippen LogP contribution is 2.11. The molecule has 1 aromatic carbocycles. The fourth-order valence-electron chi connectivity index (χ4n) is 1.62. The van der Waals surface area contributed by atoms with Crippen molar-refractivity contribution in [2.75, 3.05) is 26.2 Å². The van der Waals surface area contributed by atoms with Crippen LogP contribution in [0.1, 0.15) is 24.2 Å². The quantitative estimate of drug-likeness (QED) is 0.386. The number of carbonyl (C=O) groups is 1. The highest BCUT2D eigenvalue weighted by atomic mass is 31.2. The second-order valence-corrected chi connectivity index (χ2v) is 5.45. The standard InChI is InChI=1S/C13H20N2O2.H3O4P/c1-3-15(4-2)9-10-17-13(16)11-5-7-12(14)8-6-11;1-5(2,3)4/h5-8H,3-4,9-10,14H2,1-2H3;(H3,1,2,3,4). The number of hydrogen-bond acceptors (Lipinski definition) is 5. The van der Waals surface area contributed by atoms with Crippen LogP contribution in [0.3, 0.4) is 0 Å².